The maximum atomic E-state index is 4.43. The van der Waals surface area contributed by atoms with Crippen LogP contribution in [0.3, 0.4) is 0 Å². The van der Waals surface area contributed by atoms with Gasteiger partial charge >= 0.3 is 0 Å². The third-order valence-corrected chi connectivity index (χ3v) is 2.94. The molecule has 0 aliphatic heterocycles. The van der Waals surface area contributed by atoms with Crippen LogP contribution < -0.4 is 4.90 Å². The SMILES string of the molecule is Br.CCN(CC)c1ccnc(-c2ccccc2)c1. The Balaban J connectivity index is 0.00000162. The topological polar surface area (TPSA) is 16.1 Å². The second kappa shape index (κ2) is 7.17. The number of benzene rings is 1. The molecular weight excluding hydrogens is 288 g/mol. The molecule has 96 valence electrons. The van der Waals surface area contributed by atoms with Gasteiger partial charge in [-0.05, 0) is 26.0 Å². The summed E-state index contributed by atoms with van der Waals surface area (Å²) in [6, 6.07) is 14.5. The molecule has 0 spiro atoms. The number of anilines is 1. The summed E-state index contributed by atoms with van der Waals surface area (Å²) in [5.74, 6) is 0. The van der Waals surface area contributed by atoms with E-state index < -0.39 is 0 Å². The highest BCUT2D eigenvalue weighted by molar-refractivity contribution is 8.93. The van der Waals surface area contributed by atoms with Crippen molar-refractivity contribution in [1.29, 1.82) is 0 Å². The number of nitrogens with zero attached hydrogens (tertiary/aromatic N) is 2. The molecule has 1 aromatic carbocycles. The molecule has 0 aliphatic rings. The van der Waals surface area contributed by atoms with Crippen LogP contribution in [0.25, 0.3) is 11.3 Å². The van der Waals surface area contributed by atoms with Crippen LogP contribution in [0.2, 0.25) is 0 Å². The molecule has 0 saturated carbocycles. The largest absolute Gasteiger partial charge is 0.372 e. The number of halogens is 1. The molecule has 0 saturated heterocycles. The molecule has 1 aromatic heterocycles. The van der Waals surface area contributed by atoms with Crippen molar-refractivity contribution >= 4 is 22.7 Å². The summed E-state index contributed by atoms with van der Waals surface area (Å²) in [4.78, 5) is 6.76. The van der Waals surface area contributed by atoms with Crippen molar-refractivity contribution in [3.05, 3.63) is 48.7 Å². The summed E-state index contributed by atoms with van der Waals surface area (Å²) >= 11 is 0. The van der Waals surface area contributed by atoms with Gasteiger partial charge in [-0.1, -0.05) is 30.3 Å². The molecule has 0 unspecified atom stereocenters. The molecule has 0 atom stereocenters. The molecule has 2 nitrogen and oxygen atoms in total. The number of pyridine rings is 1. The van der Waals surface area contributed by atoms with Crippen LogP contribution in [0, 0.1) is 0 Å². The van der Waals surface area contributed by atoms with Crippen molar-refractivity contribution in [2.24, 2.45) is 0 Å². The van der Waals surface area contributed by atoms with Gasteiger partial charge in [0, 0.05) is 30.5 Å². The van der Waals surface area contributed by atoms with Crippen molar-refractivity contribution in [2.75, 3.05) is 18.0 Å². The molecule has 2 rings (SSSR count). The minimum Gasteiger partial charge on any atom is -0.372 e. The number of hydrogen-bond donors (Lipinski definition) is 0. The van der Waals surface area contributed by atoms with Crippen molar-refractivity contribution in [1.82, 2.24) is 4.98 Å². The van der Waals surface area contributed by atoms with Gasteiger partial charge in [-0.3, -0.25) is 4.98 Å². The summed E-state index contributed by atoms with van der Waals surface area (Å²) in [5, 5.41) is 0. The van der Waals surface area contributed by atoms with E-state index in [9.17, 15) is 0 Å². The first-order valence-corrected chi connectivity index (χ1v) is 6.11. The Morgan fingerprint density at radius 1 is 1.00 bits per heavy atom. The van der Waals surface area contributed by atoms with Crippen LogP contribution in [0.5, 0.6) is 0 Å². The minimum atomic E-state index is 0. The van der Waals surface area contributed by atoms with Gasteiger partial charge in [0.2, 0.25) is 0 Å². The van der Waals surface area contributed by atoms with E-state index in [-0.39, 0.29) is 17.0 Å². The second-order valence-corrected chi connectivity index (χ2v) is 3.94. The van der Waals surface area contributed by atoms with Crippen molar-refractivity contribution in [2.45, 2.75) is 13.8 Å². The van der Waals surface area contributed by atoms with Gasteiger partial charge in [0.05, 0.1) is 5.69 Å². The zero-order valence-corrected chi connectivity index (χ0v) is 12.5. The summed E-state index contributed by atoms with van der Waals surface area (Å²) in [6.07, 6.45) is 1.88. The van der Waals surface area contributed by atoms with Gasteiger partial charge < -0.3 is 4.90 Å². The number of rotatable bonds is 4. The Morgan fingerprint density at radius 2 is 1.67 bits per heavy atom. The molecule has 0 bridgehead atoms. The maximum Gasteiger partial charge on any atom is 0.0722 e. The Morgan fingerprint density at radius 3 is 2.28 bits per heavy atom. The van der Waals surface area contributed by atoms with Crippen LogP contribution in [0.15, 0.2) is 48.7 Å². The van der Waals surface area contributed by atoms with E-state index in [1.165, 1.54) is 11.3 Å². The first-order valence-electron chi connectivity index (χ1n) is 6.11. The third kappa shape index (κ3) is 3.33. The predicted molar refractivity (Wildman–Crippen MR) is 83.6 cm³/mol. The molecule has 0 aliphatic carbocycles. The quantitative estimate of drug-likeness (QED) is 0.842. The van der Waals surface area contributed by atoms with Gasteiger partial charge in [0.25, 0.3) is 0 Å². The highest BCUT2D eigenvalue weighted by atomic mass is 79.9. The lowest BCUT2D eigenvalue weighted by molar-refractivity contribution is 0.865. The monoisotopic (exact) mass is 306 g/mol. The van der Waals surface area contributed by atoms with Gasteiger partial charge in [-0.25, -0.2) is 0 Å². The molecule has 0 radical (unpaired) electrons. The van der Waals surface area contributed by atoms with Crippen molar-refractivity contribution in [3.8, 4) is 11.3 Å². The lowest BCUT2D eigenvalue weighted by Gasteiger charge is -2.21. The third-order valence-electron chi connectivity index (χ3n) is 2.94. The standard InChI is InChI=1S/C15H18N2.BrH/c1-3-17(4-2)14-10-11-16-15(12-14)13-8-6-5-7-9-13;/h5-12H,3-4H2,1-2H3;1H. The van der Waals surface area contributed by atoms with E-state index >= 15 is 0 Å². The fraction of sp³-hybridized carbons (Fsp3) is 0.267. The van der Waals surface area contributed by atoms with E-state index in [1.807, 2.05) is 24.4 Å². The first kappa shape index (κ1) is 14.7. The first-order chi connectivity index (χ1) is 8.35. The average Bonchev–Trinajstić information content (AvgIpc) is 2.42. The van der Waals surface area contributed by atoms with E-state index in [4.69, 9.17) is 0 Å². The number of hydrogen-bond acceptors (Lipinski definition) is 2. The summed E-state index contributed by atoms with van der Waals surface area (Å²) in [7, 11) is 0. The fourth-order valence-corrected chi connectivity index (χ4v) is 1.97. The second-order valence-electron chi connectivity index (χ2n) is 3.94. The average molecular weight is 307 g/mol. The molecule has 3 heteroatoms. The molecule has 1 heterocycles. The zero-order chi connectivity index (χ0) is 12.1. The van der Waals surface area contributed by atoms with Crippen LogP contribution in [0.1, 0.15) is 13.8 Å². The van der Waals surface area contributed by atoms with E-state index in [2.05, 4.69) is 48.0 Å². The van der Waals surface area contributed by atoms with Crippen molar-refractivity contribution < 1.29 is 0 Å². The lowest BCUT2D eigenvalue weighted by atomic mass is 10.1. The molecule has 2 aromatic rings. The normalized spacial score (nSPS) is 9.67. The van der Waals surface area contributed by atoms with Gasteiger partial charge in [-0.15, -0.1) is 17.0 Å². The highest BCUT2D eigenvalue weighted by Gasteiger charge is 2.04. The van der Waals surface area contributed by atoms with E-state index in [0.29, 0.717) is 0 Å². The van der Waals surface area contributed by atoms with E-state index in [0.717, 1.165) is 18.8 Å². The molecule has 0 fully saturated rings. The molecule has 0 amide bonds. The Labute approximate surface area is 119 Å². The Kier molecular flexibility index (Phi) is 5.86. The maximum absolute atomic E-state index is 4.43. The van der Waals surface area contributed by atoms with E-state index in [1.54, 1.807) is 0 Å². The predicted octanol–water partition coefficient (Wildman–Crippen LogP) is 4.17. The van der Waals surface area contributed by atoms with Crippen molar-refractivity contribution in [3.63, 3.8) is 0 Å². The smallest absolute Gasteiger partial charge is 0.0722 e. The lowest BCUT2D eigenvalue weighted by Crippen LogP contribution is -2.21. The fourth-order valence-electron chi connectivity index (χ4n) is 1.97. The van der Waals surface area contributed by atoms with Crippen LogP contribution in [-0.4, -0.2) is 18.1 Å². The van der Waals surface area contributed by atoms with Gasteiger partial charge in [0.1, 0.15) is 0 Å². The minimum absolute atomic E-state index is 0. The summed E-state index contributed by atoms with van der Waals surface area (Å²) < 4.78 is 0. The Bertz CT molecular complexity index is 467. The molecule has 0 N–H and O–H groups in total. The highest BCUT2D eigenvalue weighted by Crippen LogP contribution is 2.21. The summed E-state index contributed by atoms with van der Waals surface area (Å²) in [6.45, 7) is 6.39. The van der Waals surface area contributed by atoms with Gasteiger partial charge in [0.15, 0.2) is 0 Å². The van der Waals surface area contributed by atoms with Gasteiger partial charge in [-0.2, -0.15) is 0 Å². The molecule has 18 heavy (non-hydrogen) atoms. The van der Waals surface area contributed by atoms with Crippen LogP contribution in [-0.2, 0) is 0 Å². The summed E-state index contributed by atoms with van der Waals surface area (Å²) in [5.41, 5.74) is 3.44. The van der Waals surface area contributed by atoms with Crippen LogP contribution >= 0.6 is 17.0 Å². The van der Waals surface area contributed by atoms with Crippen LogP contribution in [0.4, 0.5) is 5.69 Å². The number of aromatic nitrogens is 1. The molecular formula is C15H19BrN2. The zero-order valence-electron chi connectivity index (χ0n) is 10.8. The Hall–Kier alpha value is -1.35.